The van der Waals surface area contributed by atoms with E-state index >= 15 is 0 Å². The lowest BCUT2D eigenvalue weighted by Crippen LogP contribution is -2.14. The zero-order valence-electron chi connectivity index (χ0n) is 9.45. The molecule has 0 aliphatic carbocycles. The van der Waals surface area contributed by atoms with Gasteiger partial charge in [-0.2, -0.15) is 5.10 Å². The van der Waals surface area contributed by atoms with Gasteiger partial charge < -0.3 is 11.1 Å². The van der Waals surface area contributed by atoms with Crippen molar-refractivity contribution in [2.24, 2.45) is 7.05 Å². The number of para-hydroxylation sites is 1. The number of aryl methyl sites for hydroxylation is 1. The van der Waals surface area contributed by atoms with Gasteiger partial charge in [0.2, 0.25) is 0 Å². The van der Waals surface area contributed by atoms with Crippen molar-refractivity contribution in [3.05, 3.63) is 38.9 Å². The maximum Gasteiger partial charge on any atom is 0.261 e. The van der Waals surface area contributed by atoms with E-state index in [0.717, 1.165) is 8.95 Å². The number of nitrogen functional groups attached to an aromatic ring is 1. The van der Waals surface area contributed by atoms with Crippen LogP contribution in [-0.4, -0.2) is 15.7 Å². The minimum atomic E-state index is -0.298. The van der Waals surface area contributed by atoms with E-state index in [1.54, 1.807) is 7.05 Å². The van der Waals surface area contributed by atoms with Gasteiger partial charge in [-0.05, 0) is 44.0 Å². The smallest absolute Gasteiger partial charge is 0.261 e. The van der Waals surface area contributed by atoms with Crippen LogP contribution < -0.4 is 11.1 Å². The van der Waals surface area contributed by atoms with Gasteiger partial charge in [0.05, 0.1) is 11.9 Å². The van der Waals surface area contributed by atoms with Crippen molar-refractivity contribution in [1.82, 2.24) is 9.78 Å². The van der Waals surface area contributed by atoms with Crippen molar-refractivity contribution in [2.45, 2.75) is 0 Å². The van der Waals surface area contributed by atoms with Gasteiger partial charge >= 0.3 is 0 Å². The predicted octanol–water partition coefficient (Wildman–Crippen LogP) is 2.78. The third kappa shape index (κ3) is 2.41. The summed E-state index contributed by atoms with van der Waals surface area (Å²) < 4.78 is 3.02. The number of nitrogens with two attached hydrogens (primary N) is 1. The fourth-order valence-electron chi connectivity index (χ4n) is 1.42. The van der Waals surface area contributed by atoms with Crippen LogP contribution in [0, 0.1) is 0 Å². The normalized spacial score (nSPS) is 10.4. The zero-order chi connectivity index (χ0) is 13.3. The highest BCUT2D eigenvalue weighted by atomic mass is 79.9. The van der Waals surface area contributed by atoms with E-state index in [9.17, 15) is 4.79 Å². The first-order valence-electron chi connectivity index (χ1n) is 5.03. The number of benzene rings is 1. The summed E-state index contributed by atoms with van der Waals surface area (Å²) in [5.41, 5.74) is 6.75. The van der Waals surface area contributed by atoms with Crippen molar-refractivity contribution in [3.63, 3.8) is 0 Å². The summed E-state index contributed by atoms with van der Waals surface area (Å²) in [6, 6.07) is 5.54. The Morgan fingerprint density at radius 2 is 2.00 bits per heavy atom. The second-order valence-corrected chi connectivity index (χ2v) is 5.33. The molecule has 0 unspecified atom stereocenters. The highest BCUT2D eigenvalue weighted by molar-refractivity contribution is 9.11. The van der Waals surface area contributed by atoms with Gasteiger partial charge in [-0.15, -0.1) is 0 Å². The van der Waals surface area contributed by atoms with Crippen LogP contribution in [0.4, 0.5) is 11.5 Å². The Bertz CT molecular complexity index is 589. The molecule has 0 radical (unpaired) electrons. The van der Waals surface area contributed by atoms with Crippen molar-refractivity contribution >= 4 is 49.3 Å². The summed E-state index contributed by atoms with van der Waals surface area (Å²) in [5.74, 6) is 0.0314. The summed E-state index contributed by atoms with van der Waals surface area (Å²) in [6.45, 7) is 0. The first-order chi connectivity index (χ1) is 8.50. The van der Waals surface area contributed by atoms with Crippen LogP contribution >= 0.6 is 31.9 Å². The number of hydrogen-bond acceptors (Lipinski definition) is 3. The number of carbonyl (C=O) groups is 1. The van der Waals surface area contributed by atoms with E-state index < -0.39 is 0 Å². The van der Waals surface area contributed by atoms with Gasteiger partial charge in [-0.3, -0.25) is 9.48 Å². The largest absolute Gasteiger partial charge is 0.383 e. The highest BCUT2D eigenvalue weighted by Crippen LogP contribution is 2.31. The molecule has 5 nitrogen and oxygen atoms in total. The molecule has 94 valence electrons. The number of rotatable bonds is 2. The third-order valence-electron chi connectivity index (χ3n) is 2.43. The Hall–Kier alpha value is -1.34. The summed E-state index contributed by atoms with van der Waals surface area (Å²) >= 11 is 6.75. The van der Waals surface area contributed by atoms with Crippen molar-refractivity contribution < 1.29 is 4.79 Å². The number of nitrogens with one attached hydrogen (secondary N) is 1. The standard InChI is InChI=1S/C11H10Br2N4O/c1-17-10(14)6(5-15-17)11(18)16-9-7(12)3-2-4-8(9)13/h2-5H,14H2,1H3,(H,16,18). The van der Waals surface area contributed by atoms with Crippen LogP contribution in [0.5, 0.6) is 0 Å². The fourth-order valence-corrected chi connectivity index (χ4v) is 2.62. The van der Waals surface area contributed by atoms with E-state index in [2.05, 4.69) is 42.3 Å². The lowest BCUT2D eigenvalue weighted by Gasteiger charge is -2.09. The molecule has 0 spiro atoms. The number of halogens is 2. The molecule has 0 atom stereocenters. The predicted molar refractivity (Wildman–Crippen MR) is 77.4 cm³/mol. The quantitative estimate of drug-likeness (QED) is 0.849. The molecule has 18 heavy (non-hydrogen) atoms. The lowest BCUT2D eigenvalue weighted by molar-refractivity contribution is 0.102. The van der Waals surface area contributed by atoms with E-state index in [4.69, 9.17) is 5.73 Å². The maximum absolute atomic E-state index is 12.1. The first kappa shape index (κ1) is 13.1. The molecular formula is C11H10Br2N4O. The van der Waals surface area contributed by atoms with Crippen LogP contribution in [-0.2, 0) is 7.05 Å². The Morgan fingerprint density at radius 1 is 1.39 bits per heavy atom. The van der Waals surface area contributed by atoms with Gasteiger partial charge in [-0.25, -0.2) is 0 Å². The topological polar surface area (TPSA) is 72.9 Å². The number of hydrogen-bond donors (Lipinski definition) is 2. The van der Waals surface area contributed by atoms with Crippen molar-refractivity contribution in [1.29, 1.82) is 0 Å². The Morgan fingerprint density at radius 3 is 2.50 bits per heavy atom. The molecule has 0 saturated carbocycles. The molecule has 2 aromatic rings. The molecule has 3 N–H and O–H groups in total. The summed E-state index contributed by atoms with van der Waals surface area (Å²) in [4.78, 5) is 12.1. The van der Waals surface area contributed by atoms with Crippen LogP contribution in [0.2, 0.25) is 0 Å². The molecule has 1 amide bonds. The molecule has 0 fully saturated rings. The van der Waals surface area contributed by atoms with E-state index in [1.165, 1.54) is 10.9 Å². The molecule has 0 aliphatic heterocycles. The van der Waals surface area contributed by atoms with Crippen LogP contribution in [0.1, 0.15) is 10.4 Å². The van der Waals surface area contributed by atoms with E-state index in [0.29, 0.717) is 17.1 Å². The Kier molecular flexibility index (Phi) is 3.72. The SMILES string of the molecule is Cn1ncc(C(=O)Nc2c(Br)cccc2Br)c1N. The molecule has 0 bridgehead atoms. The maximum atomic E-state index is 12.1. The van der Waals surface area contributed by atoms with E-state index in [1.807, 2.05) is 18.2 Å². The average Bonchev–Trinajstić information content (AvgIpc) is 2.65. The van der Waals surface area contributed by atoms with E-state index in [-0.39, 0.29) is 5.91 Å². The molecule has 1 heterocycles. The molecule has 1 aromatic heterocycles. The zero-order valence-corrected chi connectivity index (χ0v) is 12.6. The van der Waals surface area contributed by atoms with Gasteiger partial charge in [0.15, 0.2) is 0 Å². The first-order valence-corrected chi connectivity index (χ1v) is 6.62. The minimum Gasteiger partial charge on any atom is -0.383 e. The van der Waals surface area contributed by atoms with Crippen LogP contribution in [0.3, 0.4) is 0 Å². The van der Waals surface area contributed by atoms with Crippen molar-refractivity contribution in [2.75, 3.05) is 11.1 Å². The number of carbonyl (C=O) groups excluding carboxylic acids is 1. The number of aromatic nitrogens is 2. The number of amides is 1. The molecule has 2 rings (SSSR count). The Labute approximate surface area is 121 Å². The van der Waals surface area contributed by atoms with Gasteiger partial charge in [0.1, 0.15) is 11.4 Å². The average molecular weight is 374 g/mol. The van der Waals surface area contributed by atoms with Gasteiger partial charge in [0.25, 0.3) is 5.91 Å². The Balaban J connectivity index is 2.30. The van der Waals surface area contributed by atoms with Crippen LogP contribution in [0.25, 0.3) is 0 Å². The number of nitrogens with zero attached hydrogens (tertiary/aromatic N) is 2. The minimum absolute atomic E-state index is 0.298. The van der Waals surface area contributed by atoms with Gasteiger partial charge in [-0.1, -0.05) is 6.07 Å². The summed E-state index contributed by atoms with van der Waals surface area (Å²) in [5, 5.41) is 6.71. The monoisotopic (exact) mass is 372 g/mol. The number of anilines is 2. The second-order valence-electron chi connectivity index (χ2n) is 3.62. The molecule has 7 heteroatoms. The molecule has 0 saturated heterocycles. The fraction of sp³-hybridized carbons (Fsp3) is 0.0909. The van der Waals surface area contributed by atoms with Crippen molar-refractivity contribution in [3.8, 4) is 0 Å². The lowest BCUT2D eigenvalue weighted by atomic mass is 10.2. The molecule has 1 aromatic carbocycles. The second kappa shape index (κ2) is 5.11. The summed E-state index contributed by atoms with van der Waals surface area (Å²) in [6.07, 6.45) is 1.44. The van der Waals surface area contributed by atoms with Gasteiger partial charge in [0, 0.05) is 16.0 Å². The third-order valence-corrected chi connectivity index (χ3v) is 3.75. The molecule has 0 aliphatic rings. The van der Waals surface area contributed by atoms with Crippen LogP contribution in [0.15, 0.2) is 33.3 Å². The summed E-state index contributed by atoms with van der Waals surface area (Å²) in [7, 11) is 1.68. The highest BCUT2D eigenvalue weighted by Gasteiger charge is 2.16. The molecular weight excluding hydrogens is 364 g/mol.